The standard InChI is InChI=1S/C13H14ClFNO3/c1-3-6-19-13(17)8-12(16-18-2)10-5-4-9(15)7-11(10)14/h5,7H,3,6,8H2,1-2H3. The van der Waals surface area contributed by atoms with Crippen LogP contribution >= 0.6 is 11.6 Å². The lowest BCUT2D eigenvalue weighted by Crippen LogP contribution is -2.14. The van der Waals surface area contributed by atoms with Gasteiger partial charge in [-0.15, -0.1) is 0 Å². The van der Waals surface area contributed by atoms with Gasteiger partial charge in [-0.1, -0.05) is 23.7 Å². The van der Waals surface area contributed by atoms with Gasteiger partial charge in [0.05, 0.1) is 23.8 Å². The largest absolute Gasteiger partial charge is 0.465 e. The Kier molecular flexibility index (Phi) is 6.29. The minimum absolute atomic E-state index is 0.104. The molecule has 6 heteroatoms. The summed E-state index contributed by atoms with van der Waals surface area (Å²) in [5.74, 6) is -1.03. The van der Waals surface area contributed by atoms with Crippen molar-refractivity contribution in [3.05, 3.63) is 34.6 Å². The van der Waals surface area contributed by atoms with Crippen molar-refractivity contribution in [3.63, 3.8) is 0 Å². The minimum atomic E-state index is -0.584. The molecule has 0 aliphatic heterocycles. The van der Waals surface area contributed by atoms with Crippen LogP contribution in [0, 0.1) is 11.9 Å². The first-order chi connectivity index (χ1) is 9.08. The van der Waals surface area contributed by atoms with Gasteiger partial charge in [-0.05, 0) is 18.6 Å². The number of oxime groups is 1. The summed E-state index contributed by atoms with van der Waals surface area (Å²) in [4.78, 5) is 16.2. The predicted molar refractivity (Wildman–Crippen MR) is 69.7 cm³/mol. The van der Waals surface area contributed by atoms with E-state index in [9.17, 15) is 9.18 Å². The van der Waals surface area contributed by atoms with Gasteiger partial charge in [-0.3, -0.25) is 4.79 Å². The van der Waals surface area contributed by atoms with Crippen LogP contribution in [0.5, 0.6) is 0 Å². The van der Waals surface area contributed by atoms with Crippen LogP contribution in [-0.2, 0) is 14.4 Å². The molecule has 0 N–H and O–H groups in total. The molecule has 0 fully saturated rings. The third-order valence-electron chi connectivity index (χ3n) is 2.16. The fourth-order valence-corrected chi connectivity index (χ4v) is 1.61. The summed E-state index contributed by atoms with van der Waals surface area (Å²) < 4.78 is 17.9. The van der Waals surface area contributed by atoms with Gasteiger partial charge in [-0.25, -0.2) is 4.39 Å². The zero-order valence-corrected chi connectivity index (χ0v) is 11.5. The molecule has 0 heterocycles. The number of carbonyl (C=O) groups is 1. The predicted octanol–water partition coefficient (Wildman–Crippen LogP) is 2.97. The maximum absolute atomic E-state index is 12.9. The van der Waals surface area contributed by atoms with Crippen LogP contribution in [0.4, 0.5) is 4.39 Å². The van der Waals surface area contributed by atoms with E-state index >= 15 is 0 Å². The number of benzene rings is 1. The summed E-state index contributed by atoms with van der Waals surface area (Å²) in [7, 11) is 1.35. The van der Waals surface area contributed by atoms with Gasteiger partial charge >= 0.3 is 5.97 Å². The SMILES string of the molecule is CCCOC(=O)CC(=NOC)c1c[c]c(F)cc1Cl. The Morgan fingerprint density at radius 2 is 2.32 bits per heavy atom. The van der Waals surface area contributed by atoms with Gasteiger partial charge in [0.25, 0.3) is 0 Å². The zero-order chi connectivity index (χ0) is 14.3. The Labute approximate surface area is 116 Å². The van der Waals surface area contributed by atoms with Gasteiger partial charge in [0, 0.05) is 11.6 Å². The molecule has 0 amide bonds. The molecule has 0 aliphatic rings. The summed E-state index contributed by atoms with van der Waals surface area (Å²) >= 11 is 5.90. The molecule has 1 radical (unpaired) electrons. The van der Waals surface area contributed by atoms with Gasteiger partial charge in [0.15, 0.2) is 0 Å². The molecule has 1 aromatic carbocycles. The Balaban J connectivity index is 2.89. The van der Waals surface area contributed by atoms with E-state index in [1.54, 1.807) is 0 Å². The van der Waals surface area contributed by atoms with Crippen molar-refractivity contribution in [2.24, 2.45) is 5.16 Å². The monoisotopic (exact) mass is 286 g/mol. The summed E-state index contributed by atoms with van der Waals surface area (Å²) in [6.07, 6.45) is 0.626. The van der Waals surface area contributed by atoms with Crippen molar-refractivity contribution >= 4 is 23.3 Å². The number of ether oxygens (including phenoxy) is 1. The number of hydrogen-bond donors (Lipinski definition) is 0. The number of nitrogens with zero attached hydrogens (tertiary/aromatic N) is 1. The Morgan fingerprint density at radius 3 is 2.89 bits per heavy atom. The highest BCUT2D eigenvalue weighted by molar-refractivity contribution is 6.34. The number of rotatable bonds is 6. The Morgan fingerprint density at radius 1 is 1.58 bits per heavy atom. The quantitative estimate of drug-likeness (QED) is 0.459. The first-order valence-corrected chi connectivity index (χ1v) is 6.09. The molecule has 0 bridgehead atoms. The van der Waals surface area contributed by atoms with Gasteiger partial charge in [0.1, 0.15) is 12.9 Å². The van der Waals surface area contributed by atoms with E-state index in [4.69, 9.17) is 16.3 Å². The van der Waals surface area contributed by atoms with Gasteiger partial charge in [-0.2, -0.15) is 0 Å². The van der Waals surface area contributed by atoms with E-state index < -0.39 is 11.8 Å². The normalized spacial score (nSPS) is 11.3. The molecule has 0 saturated heterocycles. The molecule has 19 heavy (non-hydrogen) atoms. The summed E-state index contributed by atoms with van der Waals surface area (Å²) in [5.41, 5.74) is 0.656. The minimum Gasteiger partial charge on any atom is -0.465 e. The van der Waals surface area contributed by atoms with Crippen molar-refractivity contribution in [3.8, 4) is 0 Å². The van der Waals surface area contributed by atoms with Crippen LogP contribution in [-0.4, -0.2) is 25.4 Å². The smallest absolute Gasteiger partial charge is 0.312 e. The van der Waals surface area contributed by atoms with Crippen LogP contribution in [0.15, 0.2) is 17.3 Å². The molecule has 1 aromatic rings. The topological polar surface area (TPSA) is 47.9 Å². The highest BCUT2D eigenvalue weighted by Gasteiger charge is 2.15. The number of halogens is 2. The molecule has 0 spiro atoms. The van der Waals surface area contributed by atoms with E-state index in [0.717, 1.165) is 12.5 Å². The lowest BCUT2D eigenvalue weighted by atomic mass is 10.1. The van der Waals surface area contributed by atoms with Crippen LogP contribution in [0.25, 0.3) is 0 Å². The maximum Gasteiger partial charge on any atom is 0.312 e. The molecule has 1 rings (SSSR count). The van der Waals surface area contributed by atoms with Crippen molar-refractivity contribution in [1.82, 2.24) is 0 Å². The molecule has 0 aromatic heterocycles. The third-order valence-corrected chi connectivity index (χ3v) is 2.47. The van der Waals surface area contributed by atoms with E-state index in [2.05, 4.69) is 16.1 Å². The highest BCUT2D eigenvalue weighted by Crippen LogP contribution is 2.19. The molecular weight excluding hydrogens is 273 g/mol. The lowest BCUT2D eigenvalue weighted by molar-refractivity contribution is -0.142. The second-order valence-corrected chi connectivity index (χ2v) is 4.07. The average Bonchev–Trinajstić information content (AvgIpc) is 2.36. The highest BCUT2D eigenvalue weighted by atomic mass is 35.5. The zero-order valence-electron chi connectivity index (χ0n) is 10.7. The second kappa shape index (κ2) is 7.74. The number of hydrogen-bond acceptors (Lipinski definition) is 4. The van der Waals surface area contributed by atoms with Crippen molar-refractivity contribution in [2.75, 3.05) is 13.7 Å². The summed E-state index contributed by atoms with van der Waals surface area (Å²) in [5, 5.41) is 3.86. The molecule has 0 saturated carbocycles. The molecule has 4 nitrogen and oxygen atoms in total. The van der Waals surface area contributed by atoms with E-state index in [1.807, 2.05) is 6.92 Å². The fraction of sp³-hybridized carbons (Fsp3) is 0.385. The summed E-state index contributed by atoms with van der Waals surface area (Å²) in [6.45, 7) is 2.23. The number of esters is 1. The van der Waals surface area contributed by atoms with Crippen molar-refractivity contribution < 1.29 is 18.8 Å². The third kappa shape index (κ3) is 4.87. The van der Waals surface area contributed by atoms with Crippen LogP contribution in [0.1, 0.15) is 25.3 Å². The molecule has 0 atom stereocenters. The van der Waals surface area contributed by atoms with Gasteiger partial charge in [0.2, 0.25) is 0 Å². The van der Waals surface area contributed by atoms with Crippen LogP contribution < -0.4 is 0 Å². The van der Waals surface area contributed by atoms with Crippen LogP contribution in [0.3, 0.4) is 0 Å². The first-order valence-electron chi connectivity index (χ1n) is 5.71. The summed E-state index contributed by atoms with van der Waals surface area (Å²) in [6, 6.07) is 4.78. The maximum atomic E-state index is 12.9. The molecule has 0 unspecified atom stereocenters. The molecular formula is C13H14ClFNO3. The number of carbonyl (C=O) groups excluding carboxylic acids is 1. The van der Waals surface area contributed by atoms with Crippen molar-refractivity contribution in [2.45, 2.75) is 19.8 Å². The Hall–Kier alpha value is -1.62. The lowest BCUT2D eigenvalue weighted by Gasteiger charge is -2.08. The first kappa shape index (κ1) is 15.4. The van der Waals surface area contributed by atoms with E-state index in [0.29, 0.717) is 12.2 Å². The molecule has 103 valence electrons. The van der Waals surface area contributed by atoms with Crippen molar-refractivity contribution in [1.29, 1.82) is 0 Å². The van der Waals surface area contributed by atoms with Crippen LogP contribution in [0.2, 0.25) is 5.02 Å². The molecule has 0 aliphatic carbocycles. The fourth-order valence-electron chi connectivity index (χ4n) is 1.35. The van der Waals surface area contributed by atoms with Gasteiger partial charge < -0.3 is 9.57 Å². The van der Waals surface area contributed by atoms with E-state index in [1.165, 1.54) is 13.2 Å². The second-order valence-electron chi connectivity index (χ2n) is 3.66. The van der Waals surface area contributed by atoms with E-state index in [-0.39, 0.29) is 17.2 Å². The average molecular weight is 287 g/mol. The Bertz CT molecular complexity index is 477.